The Morgan fingerprint density at radius 1 is 0.339 bits per heavy atom. The lowest BCUT2D eigenvalue weighted by atomic mass is 10.1. The Bertz CT molecular complexity index is 1180. The summed E-state index contributed by atoms with van der Waals surface area (Å²) in [6.45, 7) is 6.45. The van der Waals surface area contributed by atoms with E-state index in [-0.39, 0.29) is 37.5 Å². The molecule has 0 aliphatic carbocycles. The average Bonchev–Trinajstić information content (AvgIpc) is 3.27. The van der Waals surface area contributed by atoms with Gasteiger partial charge in [0.1, 0.15) is 13.2 Å². The van der Waals surface area contributed by atoms with Crippen LogP contribution in [0, 0.1) is 0 Å². The van der Waals surface area contributed by atoms with Crippen LogP contribution in [0.25, 0.3) is 0 Å². The first kappa shape index (κ1) is 58.9. The zero-order valence-corrected chi connectivity index (χ0v) is 40.6. The second kappa shape index (κ2) is 50.5. The van der Waals surface area contributed by atoms with Crippen molar-refractivity contribution < 1.29 is 28.6 Å². The molecule has 0 heterocycles. The summed E-state index contributed by atoms with van der Waals surface area (Å²) < 4.78 is 16.7. The molecule has 0 radical (unpaired) electrons. The van der Waals surface area contributed by atoms with Crippen LogP contribution >= 0.6 is 0 Å². The van der Waals surface area contributed by atoms with E-state index in [0.717, 1.165) is 83.5 Å². The lowest BCUT2D eigenvalue weighted by Gasteiger charge is -2.18. The minimum atomic E-state index is -0.801. The molecule has 6 heteroatoms. The van der Waals surface area contributed by atoms with E-state index in [2.05, 4.69) is 93.7 Å². The van der Waals surface area contributed by atoms with E-state index < -0.39 is 6.10 Å². The summed E-state index contributed by atoms with van der Waals surface area (Å²) in [5, 5.41) is 0. The summed E-state index contributed by atoms with van der Waals surface area (Å²) in [7, 11) is 0. The van der Waals surface area contributed by atoms with Crippen molar-refractivity contribution in [3.63, 3.8) is 0 Å². The van der Waals surface area contributed by atoms with Gasteiger partial charge in [0.15, 0.2) is 6.10 Å². The van der Waals surface area contributed by atoms with Crippen LogP contribution in [0.5, 0.6) is 0 Å². The minimum Gasteiger partial charge on any atom is -0.462 e. The van der Waals surface area contributed by atoms with E-state index >= 15 is 0 Å². The van der Waals surface area contributed by atoms with Crippen molar-refractivity contribution >= 4 is 17.9 Å². The number of rotatable bonds is 46. The van der Waals surface area contributed by atoms with Gasteiger partial charge in [-0.2, -0.15) is 0 Å². The summed E-state index contributed by atoms with van der Waals surface area (Å²) in [5.41, 5.74) is 0. The van der Waals surface area contributed by atoms with Crippen LogP contribution in [0.1, 0.15) is 245 Å². The van der Waals surface area contributed by atoms with Crippen molar-refractivity contribution in [3.8, 4) is 0 Å². The van der Waals surface area contributed by atoms with Gasteiger partial charge in [-0.25, -0.2) is 0 Å². The Balaban J connectivity index is 4.44. The van der Waals surface area contributed by atoms with E-state index in [4.69, 9.17) is 14.2 Å². The van der Waals surface area contributed by atoms with E-state index in [9.17, 15) is 14.4 Å². The van der Waals surface area contributed by atoms with Crippen molar-refractivity contribution in [2.24, 2.45) is 0 Å². The van der Waals surface area contributed by atoms with Crippen LogP contribution in [0.2, 0.25) is 0 Å². The molecule has 0 spiro atoms. The molecule has 1 atom stereocenters. The van der Waals surface area contributed by atoms with Gasteiger partial charge in [-0.05, 0) is 109 Å². The van der Waals surface area contributed by atoms with Crippen molar-refractivity contribution in [1.29, 1.82) is 0 Å². The number of esters is 3. The van der Waals surface area contributed by atoms with E-state index in [1.165, 1.54) is 116 Å². The Morgan fingerprint density at radius 2 is 0.629 bits per heavy atom. The molecule has 356 valence electrons. The Morgan fingerprint density at radius 3 is 1.06 bits per heavy atom. The van der Waals surface area contributed by atoms with Crippen LogP contribution in [0.4, 0.5) is 0 Å². The van der Waals surface area contributed by atoms with Crippen molar-refractivity contribution in [1.82, 2.24) is 0 Å². The molecule has 6 nitrogen and oxygen atoms in total. The highest BCUT2D eigenvalue weighted by molar-refractivity contribution is 5.71. The van der Waals surface area contributed by atoms with Gasteiger partial charge in [-0.1, -0.05) is 190 Å². The molecule has 0 aromatic heterocycles. The van der Waals surface area contributed by atoms with Gasteiger partial charge in [0.25, 0.3) is 0 Å². The number of hydrogen-bond acceptors (Lipinski definition) is 6. The maximum atomic E-state index is 12.8. The monoisotopic (exact) mass is 865 g/mol. The Labute approximate surface area is 382 Å². The fourth-order valence-electron chi connectivity index (χ4n) is 7.01. The van der Waals surface area contributed by atoms with Crippen LogP contribution in [0.3, 0.4) is 0 Å². The molecule has 0 aromatic carbocycles. The first-order valence-electron chi connectivity index (χ1n) is 25.9. The molecule has 0 rings (SSSR count). The molecule has 0 aliphatic heterocycles. The maximum absolute atomic E-state index is 12.8. The SMILES string of the molecule is CC/C=C\C/C=C\C/C=C\C/C=C\CCCCC(=O)OC(COC(=O)CCCCCCC/C=C\CCCCC)COC(=O)CCCCCCCCC/C=C\CCCCCCCC. The van der Waals surface area contributed by atoms with Gasteiger partial charge in [0, 0.05) is 19.3 Å². The Hall–Kier alpha value is -3.15. The predicted octanol–water partition coefficient (Wildman–Crippen LogP) is 17.0. The number of unbranched alkanes of at least 4 members (excludes halogenated alkanes) is 23. The molecule has 0 aliphatic rings. The number of ether oxygens (including phenoxy) is 3. The number of carbonyl (C=O) groups is 3. The number of allylic oxidation sites excluding steroid dienone is 12. The Kier molecular flexibility index (Phi) is 47.9. The average molecular weight is 865 g/mol. The largest absolute Gasteiger partial charge is 0.462 e. The van der Waals surface area contributed by atoms with E-state index in [0.29, 0.717) is 19.3 Å². The van der Waals surface area contributed by atoms with Crippen molar-refractivity contribution in [3.05, 3.63) is 72.9 Å². The second-order valence-electron chi connectivity index (χ2n) is 17.0. The van der Waals surface area contributed by atoms with Gasteiger partial charge in [0.05, 0.1) is 0 Å². The highest BCUT2D eigenvalue weighted by Gasteiger charge is 2.19. The first-order valence-corrected chi connectivity index (χ1v) is 25.9. The molecule has 0 saturated carbocycles. The fraction of sp³-hybridized carbons (Fsp3) is 0.732. The maximum Gasteiger partial charge on any atom is 0.306 e. The third-order valence-electron chi connectivity index (χ3n) is 10.9. The first-order chi connectivity index (χ1) is 30.5. The molecule has 0 aromatic rings. The molecule has 62 heavy (non-hydrogen) atoms. The summed E-state index contributed by atoms with van der Waals surface area (Å²) in [4.78, 5) is 37.9. The summed E-state index contributed by atoms with van der Waals surface area (Å²) in [6, 6.07) is 0. The van der Waals surface area contributed by atoms with Crippen LogP contribution < -0.4 is 0 Å². The lowest BCUT2D eigenvalue weighted by Crippen LogP contribution is -2.30. The highest BCUT2D eigenvalue weighted by atomic mass is 16.6. The normalized spacial score (nSPS) is 12.6. The molecule has 0 N–H and O–H groups in total. The molecule has 0 saturated heterocycles. The number of hydrogen-bond donors (Lipinski definition) is 0. The van der Waals surface area contributed by atoms with Gasteiger partial charge >= 0.3 is 17.9 Å². The standard InChI is InChI=1S/C56H96O6/c1-4-7-10-13-16-19-22-25-27-28-30-31-34-37-40-43-46-49-55(58)61-52-53(51-60-54(57)48-45-42-39-36-33-24-21-18-15-12-9-6-3)62-56(59)50-47-44-41-38-35-32-29-26-23-20-17-14-11-8-5-2/h8,11,17-18,20-21,25-27,29,35,38,53H,4-7,9-10,12-16,19,22-24,28,30-34,36-37,39-52H2,1-3H3/b11-8-,20-17-,21-18-,27-25-,29-26-,38-35-. The summed E-state index contributed by atoms with van der Waals surface area (Å²) >= 11 is 0. The quantitative estimate of drug-likeness (QED) is 0.0262. The van der Waals surface area contributed by atoms with Gasteiger partial charge in [0.2, 0.25) is 0 Å². The van der Waals surface area contributed by atoms with E-state index in [1.54, 1.807) is 0 Å². The molecular formula is C56H96O6. The third kappa shape index (κ3) is 47.9. The van der Waals surface area contributed by atoms with Crippen LogP contribution in [-0.4, -0.2) is 37.2 Å². The van der Waals surface area contributed by atoms with Gasteiger partial charge < -0.3 is 14.2 Å². The second-order valence-corrected chi connectivity index (χ2v) is 17.0. The smallest absolute Gasteiger partial charge is 0.306 e. The zero-order chi connectivity index (χ0) is 45.1. The number of carbonyl (C=O) groups excluding carboxylic acids is 3. The minimum absolute atomic E-state index is 0.0970. The van der Waals surface area contributed by atoms with Crippen LogP contribution in [-0.2, 0) is 28.6 Å². The summed E-state index contributed by atoms with van der Waals surface area (Å²) in [5.74, 6) is -0.951. The van der Waals surface area contributed by atoms with Crippen molar-refractivity contribution in [2.45, 2.75) is 252 Å². The van der Waals surface area contributed by atoms with Gasteiger partial charge in [-0.3, -0.25) is 14.4 Å². The predicted molar refractivity (Wildman–Crippen MR) is 265 cm³/mol. The van der Waals surface area contributed by atoms with Crippen molar-refractivity contribution in [2.75, 3.05) is 13.2 Å². The third-order valence-corrected chi connectivity index (χ3v) is 10.9. The topological polar surface area (TPSA) is 78.9 Å². The van der Waals surface area contributed by atoms with Crippen LogP contribution in [0.15, 0.2) is 72.9 Å². The van der Waals surface area contributed by atoms with Gasteiger partial charge in [-0.15, -0.1) is 0 Å². The molecular weight excluding hydrogens is 769 g/mol. The molecule has 0 bridgehead atoms. The molecule has 0 fully saturated rings. The highest BCUT2D eigenvalue weighted by Crippen LogP contribution is 2.14. The zero-order valence-electron chi connectivity index (χ0n) is 40.6. The lowest BCUT2D eigenvalue weighted by molar-refractivity contribution is -0.167. The van der Waals surface area contributed by atoms with E-state index in [1.807, 2.05) is 0 Å². The molecule has 1 unspecified atom stereocenters. The summed E-state index contributed by atoms with van der Waals surface area (Å²) in [6.07, 6.45) is 63.1. The fourth-order valence-corrected chi connectivity index (χ4v) is 7.01. The molecule has 0 amide bonds.